The Morgan fingerprint density at radius 2 is 1.27 bits per heavy atom. The van der Waals surface area contributed by atoms with Crippen LogP contribution in [0.15, 0.2) is 109 Å². The van der Waals surface area contributed by atoms with Crippen LogP contribution in [0.3, 0.4) is 0 Å². The zero-order valence-corrected chi connectivity index (χ0v) is 43.6. The number of nitrogens with one attached hydrogen (secondary N) is 4. The maximum atomic E-state index is 14.8. The summed E-state index contributed by atoms with van der Waals surface area (Å²) in [6.45, 7) is 10.3. The molecule has 396 valence electrons. The number of phenolic OH excluding ortho intramolecular Hbond substituents is 1. The smallest absolute Gasteiger partial charge is 0.407 e. The average molecular weight is 1020 g/mol. The lowest BCUT2D eigenvalue weighted by Crippen LogP contribution is -2.65. The number of carbonyl (C=O) groups excluding carboxylic acids is 7. The van der Waals surface area contributed by atoms with E-state index in [-0.39, 0.29) is 49.6 Å². The molecule has 5 aromatic carbocycles. The molecular weight excluding hydrogens is 955 g/mol. The van der Waals surface area contributed by atoms with Gasteiger partial charge in [-0.3, -0.25) is 28.8 Å². The molecule has 0 aliphatic heterocycles. The minimum atomic E-state index is -1.55. The van der Waals surface area contributed by atoms with Crippen molar-refractivity contribution in [3.63, 3.8) is 0 Å². The molecule has 7 N–H and O–H groups in total. The first kappa shape index (κ1) is 55.0. The molecule has 0 radical (unpaired) electrons. The number of amides is 5. The highest BCUT2D eigenvalue weighted by molar-refractivity contribution is 6.01. The number of nitrogens with two attached hydrogens (primary N) is 1. The zero-order valence-electron chi connectivity index (χ0n) is 43.6. The van der Waals surface area contributed by atoms with Crippen molar-refractivity contribution < 1.29 is 52.9 Å². The van der Waals surface area contributed by atoms with Gasteiger partial charge in [0.25, 0.3) is 0 Å². The van der Waals surface area contributed by atoms with Gasteiger partial charge in [-0.05, 0) is 118 Å². The Hall–Kier alpha value is -7.75. The van der Waals surface area contributed by atoms with Gasteiger partial charge in [0, 0.05) is 24.3 Å². The number of rotatable bonds is 19. The van der Waals surface area contributed by atoms with Gasteiger partial charge in [0.05, 0.1) is 6.42 Å². The molecule has 0 unspecified atom stereocenters. The third kappa shape index (κ3) is 14.1. The quantitative estimate of drug-likeness (QED) is 0.0203. The normalized spacial score (nSPS) is 14.9. The van der Waals surface area contributed by atoms with Crippen LogP contribution in [-0.2, 0) is 55.8 Å². The van der Waals surface area contributed by atoms with E-state index in [9.17, 15) is 38.7 Å². The van der Waals surface area contributed by atoms with Crippen molar-refractivity contribution in [3.8, 4) is 16.9 Å². The number of benzene rings is 5. The largest absolute Gasteiger partial charge is 0.507 e. The van der Waals surface area contributed by atoms with Gasteiger partial charge in [0.15, 0.2) is 5.92 Å². The van der Waals surface area contributed by atoms with E-state index in [0.29, 0.717) is 36.6 Å². The van der Waals surface area contributed by atoms with Crippen molar-refractivity contribution in [3.05, 3.63) is 137 Å². The molecule has 0 saturated heterocycles. The van der Waals surface area contributed by atoms with Crippen LogP contribution in [0.2, 0.25) is 0 Å². The van der Waals surface area contributed by atoms with Gasteiger partial charge in [0.1, 0.15) is 41.2 Å². The number of esters is 2. The highest BCUT2D eigenvalue weighted by Crippen LogP contribution is 2.44. The SMILES string of the molecule is CC(C)(C)OC(=O)C(C(=O)OC(C)(C)C)c1ccc(C[C@H](NC(=O)OCC2c3ccccc3-c3ccccc32)C(=O)NC2(C(=O)N[C@@H](CC(N)=O)C(=O)NCCCc3cccc4c(O)cccc34)CCCCC2)cc1. The van der Waals surface area contributed by atoms with Crippen molar-refractivity contribution in [2.24, 2.45) is 5.73 Å². The predicted octanol–water partition coefficient (Wildman–Crippen LogP) is 7.69. The predicted molar refractivity (Wildman–Crippen MR) is 283 cm³/mol. The second kappa shape index (κ2) is 23.6. The maximum absolute atomic E-state index is 14.8. The maximum Gasteiger partial charge on any atom is 0.407 e. The molecule has 5 aromatic rings. The Labute approximate surface area is 437 Å². The topological polar surface area (TPSA) is 242 Å². The number of fused-ring (bicyclic) bond motifs is 4. The minimum Gasteiger partial charge on any atom is -0.507 e. The molecule has 2 atom stereocenters. The first-order valence-corrected chi connectivity index (χ1v) is 25.7. The summed E-state index contributed by atoms with van der Waals surface area (Å²) in [6, 6.07) is 30.4. The van der Waals surface area contributed by atoms with Crippen LogP contribution in [-0.4, -0.2) is 88.7 Å². The third-order valence-electron chi connectivity index (χ3n) is 13.4. The lowest BCUT2D eigenvalue weighted by Gasteiger charge is -2.38. The summed E-state index contributed by atoms with van der Waals surface area (Å²) in [4.78, 5) is 96.4. The molecule has 0 bridgehead atoms. The molecular formula is C59H69N5O11. The molecule has 0 spiro atoms. The van der Waals surface area contributed by atoms with Crippen LogP contribution in [0.25, 0.3) is 21.9 Å². The number of aromatic hydroxyl groups is 1. The van der Waals surface area contributed by atoms with E-state index < -0.39 is 82.8 Å². The minimum absolute atomic E-state index is 0.0387. The van der Waals surface area contributed by atoms with Crippen molar-refractivity contribution in [1.82, 2.24) is 21.3 Å². The summed E-state index contributed by atoms with van der Waals surface area (Å²) < 4.78 is 17.2. The van der Waals surface area contributed by atoms with Crippen LogP contribution < -0.4 is 27.0 Å². The second-order valence-corrected chi connectivity index (χ2v) is 21.5. The molecule has 5 amide bonds. The van der Waals surface area contributed by atoms with E-state index in [1.165, 1.54) is 0 Å². The summed E-state index contributed by atoms with van der Waals surface area (Å²) in [6.07, 6.45) is 1.82. The molecule has 1 saturated carbocycles. The molecule has 7 rings (SSSR count). The molecule has 16 nitrogen and oxygen atoms in total. The van der Waals surface area contributed by atoms with Gasteiger partial charge in [-0.1, -0.05) is 122 Å². The lowest BCUT2D eigenvalue weighted by molar-refractivity contribution is -0.169. The Morgan fingerprint density at radius 3 is 1.87 bits per heavy atom. The highest BCUT2D eigenvalue weighted by atomic mass is 16.6. The van der Waals surface area contributed by atoms with Gasteiger partial charge in [-0.15, -0.1) is 0 Å². The number of aryl methyl sites for hydroxylation is 1. The lowest BCUT2D eigenvalue weighted by atomic mass is 9.80. The van der Waals surface area contributed by atoms with E-state index in [0.717, 1.165) is 39.6 Å². The van der Waals surface area contributed by atoms with Crippen LogP contribution in [0.5, 0.6) is 5.75 Å². The Bertz CT molecular complexity index is 2840. The molecule has 0 aromatic heterocycles. The average Bonchev–Trinajstić information content (AvgIpc) is 3.67. The number of primary amides is 1. The van der Waals surface area contributed by atoms with E-state index in [1.807, 2.05) is 72.8 Å². The molecule has 16 heteroatoms. The summed E-state index contributed by atoms with van der Waals surface area (Å²) in [5.41, 5.74) is 8.09. The first-order chi connectivity index (χ1) is 35.6. The summed E-state index contributed by atoms with van der Waals surface area (Å²) in [5.74, 6) is -5.99. The van der Waals surface area contributed by atoms with Crippen molar-refractivity contribution >= 4 is 52.4 Å². The standard InChI is InChI=1S/C59H69N5O11/c1-57(2,3)74-53(69)50(54(70)75-58(4,5)6)38-28-26-36(27-29-38)33-46(63-56(72)73-35-45-42-21-10-8-19-40(42)41-20-9-11-22-43(41)45)52(68)64-59(30-12-7-13-31-59)55(71)62-47(34-49(60)66)51(67)61-32-16-18-37-17-14-24-44-39(37)23-15-25-48(44)65/h8-11,14-15,17,19-29,45-47,50,65H,7,12-13,16,18,30-35H2,1-6H3,(H2,60,66)(H,61,67)(H,62,71)(H,63,72)(H,64,68)/t46-,47-/m0/s1. The Balaban J connectivity index is 1.10. The van der Waals surface area contributed by atoms with Gasteiger partial charge < -0.3 is 46.3 Å². The van der Waals surface area contributed by atoms with Gasteiger partial charge in [-0.25, -0.2) is 4.79 Å². The number of alkyl carbamates (subject to hydrolysis) is 1. The van der Waals surface area contributed by atoms with Gasteiger partial charge >= 0.3 is 18.0 Å². The number of hydrogen-bond donors (Lipinski definition) is 6. The fourth-order valence-corrected chi connectivity index (χ4v) is 9.95. The van der Waals surface area contributed by atoms with E-state index >= 15 is 0 Å². The number of carbonyl (C=O) groups is 7. The zero-order chi connectivity index (χ0) is 54.1. The fraction of sp³-hybridized carbons (Fsp3) is 0.407. The molecule has 75 heavy (non-hydrogen) atoms. The summed E-state index contributed by atoms with van der Waals surface area (Å²) >= 11 is 0. The van der Waals surface area contributed by atoms with Crippen LogP contribution in [0, 0.1) is 0 Å². The molecule has 0 heterocycles. The Kier molecular flexibility index (Phi) is 17.3. The van der Waals surface area contributed by atoms with Gasteiger partial charge in [0.2, 0.25) is 23.6 Å². The van der Waals surface area contributed by atoms with E-state index in [4.69, 9.17) is 19.9 Å². The van der Waals surface area contributed by atoms with Crippen molar-refractivity contribution in [2.45, 2.75) is 140 Å². The highest BCUT2D eigenvalue weighted by Gasteiger charge is 2.44. The number of ether oxygens (including phenoxy) is 3. The van der Waals surface area contributed by atoms with Crippen LogP contribution in [0.1, 0.15) is 126 Å². The fourth-order valence-electron chi connectivity index (χ4n) is 9.95. The van der Waals surface area contributed by atoms with Crippen molar-refractivity contribution in [2.75, 3.05) is 13.2 Å². The van der Waals surface area contributed by atoms with Crippen molar-refractivity contribution in [1.29, 1.82) is 0 Å². The summed E-state index contributed by atoms with van der Waals surface area (Å²) in [5, 5.41) is 23.2. The molecule has 2 aliphatic rings. The molecule has 2 aliphatic carbocycles. The first-order valence-electron chi connectivity index (χ1n) is 25.7. The van der Waals surface area contributed by atoms with Gasteiger partial charge in [-0.2, -0.15) is 0 Å². The Morgan fingerprint density at radius 1 is 0.680 bits per heavy atom. The van der Waals surface area contributed by atoms with E-state index in [1.54, 1.807) is 77.9 Å². The molecule has 1 fully saturated rings. The number of phenols is 1. The third-order valence-corrected chi connectivity index (χ3v) is 13.4. The number of hydrogen-bond acceptors (Lipinski definition) is 11. The van der Waals surface area contributed by atoms with Crippen LogP contribution >= 0.6 is 0 Å². The van der Waals surface area contributed by atoms with E-state index in [2.05, 4.69) is 21.3 Å². The second-order valence-electron chi connectivity index (χ2n) is 21.5. The van der Waals surface area contributed by atoms with Crippen LogP contribution in [0.4, 0.5) is 4.79 Å². The summed E-state index contributed by atoms with van der Waals surface area (Å²) in [7, 11) is 0. The monoisotopic (exact) mass is 1020 g/mol.